The van der Waals surface area contributed by atoms with Gasteiger partial charge in [-0.2, -0.15) is 0 Å². The highest BCUT2D eigenvalue weighted by Gasteiger charge is 2.06. The monoisotopic (exact) mass is 256 g/mol. The zero-order valence-corrected chi connectivity index (χ0v) is 8.40. The van der Waals surface area contributed by atoms with Crippen LogP contribution in [0.3, 0.4) is 0 Å². The van der Waals surface area contributed by atoms with E-state index in [2.05, 4.69) is 0 Å². The molecule has 0 atom stereocenters. The van der Waals surface area contributed by atoms with Crippen LogP contribution in [0.1, 0.15) is 0 Å². The van der Waals surface area contributed by atoms with E-state index in [0.29, 0.717) is 0 Å². The molecule has 2 N–H and O–H groups in total. The lowest BCUT2D eigenvalue weighted by Crippen LogP contribution is -2.03. The molecule has 0 spiro atoms. The van der Waals surface area contributed by atoms with Gasteiger partial charge in [0.15, 0.2) is 0 Å². The van der Waals surface area contributed by atoms with Gasteiger partial charge in [-0.15, -0.1) is 0 Å². The minimum Gasteiger partial charge on any atom is -0.479 e. The van der Waals surface area contributed by atoms with Crippen LogP contribution in [0.5, 0.6) is 0 Å². The minimum atomic E-state index is -1.29. The molecule has 4 nitrogen and oxygen atoms in total. The Bertz CT molecular complexity index is 139. The summed E-state index contributed by atoms with van der Waals surface area (Å²) in [6, 6.07) is 0. The molecule has 72 valence electrons. The zero-order chi connectivity index (χ0) is 10.3. The number of carboxylic acid groups (broad SMARTS) is 2. The lowest BCUT2D eigenvalue weighted by atomic mass is 10.8. The Morgan fingerprint density at radius 2 is 0.917 bits per heavy atom. The molecule has 0 aliphatic carbocycles. The van der Waals surface area contributed by atoms with Crippen LogP contribution >= 0.6 is 46.4 Å². The SMILES string of the molecule is O=C(O)C(Cl)Cl.O=C(O)C(Cl)Cl. The van der Waals surface area contributed by atoms with Gasteiger partial charge in [-0.3, -0.25) is 0 Å². The largest absolute Gasteiger partial charge is 0.479 e. The summed E-state index contributed by atoms with van der Waals surface area (Å²) < 4.78 is 0. The Morgan fingerprint density at radius 3 is 0.917 bits per heavy atom. The first-order valence-electron chi connectivity index (χ1n) is 2.31. The van der Waals surface area contributed by atoms with Gasteiger partial charge in [-0.25, -0.2) is 9.59 Å². The van der Waals surface area contributed by atoms with Crippen LogP contribution in [-0.2, 0) is 9.59 Å². The highest BCUT2D eigenvalue weighted by molar-refractivity contribution is 6.53. The molecule has 0 aromatic carbocycles. The molecule has 0 unspecified atom stereocenters. The van der Waals surface area contributed by atoms with E-state index in [-0.39, 0.29) is 0 Å². The number of aliphatic carboxylic acids is 2. The summed E-state index contributed by atoms with van der Waals surface area (Å²) in [5.41, 5.74) is 0. The van der Waals surface area contributed by atoms with Crippen molar-refractivity contribution in [3.63, 3.8) is 0 Å². The molecule has 0 aliphatic heterocycles. The van der Waals surface area contributed by atoms with E-state index in [0.717, 1.165) is 0 Å². The summed E-state index contributed by atoms with van der Waals surface area (Å²) in [4.78, 5) is 16.3. The van der Waals surface area contributed by atoms with Gasteiger partial charge in [-0.05, 0) is 0 Å². The predicted molar refractivity (Wildman–Crippen MR) is 46.3 cm³/mol. The summed E-state index contributed by atoms with van der Waals surface area (Å²) in [6.07, 6.45) is 0. The second kappa shape index (κ2) is 7.73. The first-order chi connectivity index (χ1) is 5.29. The third-order valence-electron chi connectivity index (χ3n) is 0.373. The van der Waals surface area contributed by atoms with Gasteiger partial charge in [-0.1, -0.05) is 46.4 Å². The topological polar surface area (TPSA) is 74.6 Å². The standard InChI is InChI=1S/2C2H2Cl2O2/c2*3-1(4)2(5)6/h2*1H,(H,5,6). The Morgan fingerprint density at radius 1 is 0.833 bits per heavy atom. The number of hydrogen-bond donors (Lipinski definition) is 2. The van der Waals surface area contributed by atoms with Gasteiger partial charge >= 0.3 is 11.9 Å². The maximum absolute atomic E-state index is 9.44. The van der Waals surface area contributed by atoms with Crippen LogP contribution in [0.4, 0.5) is 0 Å². The van der Waals surface area contributed by atoms with Gasteiger partial charge < -0.3 is 10.2 Å². The third kappa shape index (κ3) is 12.7. The zero-order valence-electron chi connectivity index (χ0n) is 5.38. The summed E-state index contributed by atoms with van der Waals surface area (Å²) in [6.45, 7) is 0. The number of carbonyl (C=O) groups is 2. The third-order valence-corrected chi connectivity index (χ3v) is 1.12. The van der Waals surface area contributed by atoms with Crippen LogP contribution in [-0.4, -0.2) is 31.8 Å². The maximum atomic E-state index is 9.44. The van der Waals surface area contributed by atoms with Crippen LogP contribution in [0.15, 0.2) is 0 Å². The average Bonchev–Trinajstić information content (AvgIpc) is 1.88. The molecule has 0 aromatic rings. The quantitative estimate of drug-likeness (QED) is 0.740. The van der Waals surface area contributed by atoms with Crippen molar-refractivity contribution in [2.75, 3.05) is 0 Å². The second-order valence-electron chi connectivity index (χ2n) is 1.28. The molecule has 0 amide bonds. The van der Waals surface area contributed by atoms with E-state index in [1.165, 1.54) is 0 Å². The molecule has 0 aliphatic rings. The molecule has 0 bridgehead atoms. The van der Waals surface area contributed by atoms with Crippen molar-refractivity contribution < 1.29 is 19.8 Å². The van der Waals surface area contributed by atoms with E-state index in [9.17, 15) is 9.59 Å². The number of rotatable bonds is 2. The summed E-state index contributed by atoms with van der Waals surface area (Å²) >= 11 is 19.1. The molecule has 0 radical (unpaired) electrons. The van der Waals surface area contributed by atoms with Crippen molar-refractivity contribution in [1.29, 1.82) is 0 Å². The van der Waals surface area contributed by atoms with E-state index in [1.807, 2.05) is 0 Å². The van der Waals surface area contributed by atoms with Crippen molar-refractivity contribution in [2.45, 2.75) is 9.67 Å². The summed E-state index contributed by atoms with van der Waals surface area (Å²) in [5, 5.41) is 15.5. The fourth-order valence-corrected chi connectivity index (χ4v) is 0. The Labute approximate surface area is 88.0 Å². The predicted octanol–water partition coefficient (Wildman–Crippen LogP) is 1.75. The van der Waals surface area contributed by atoms with Crippen molar-refractivity contribution >= 4 is 58.3 Å². The molecular formula is C4H4Cl4O4. The van der Waals surface area contributed by atoms with E-state index in [1.54, 1.807) is 0 Å². The smallest absolute Gasteiger partial charge is 0.337 e. The number of hydrogen-bond acceptors (Lipinski definition) is 2. The molecular weight excluding hydrogens is 254 g/mol. The minimum absolute atomic E-state index is 1.21. The van der Waals surface area contributed by atoms with Crippen LogP contribution < -0.4 is 0 Å². The van der Waals surface area contributed by atoms with Crippen LogP contribution in [0.2, 0.25) is 0 Å². The van der Waals surface area contributed by atoms with E-state index >= 15 is 0 Å². The van der Waals surface area contributed by atoms with E-state index < -0.39 is 21.6 Å². The molecule has 8 heteroatoms. The van der Waals surface area contributed by atoms with E-state index in [4.69, 9.17) is 56.6 Å². The molecule has 12 heavy (non-hydrogen) atoms. The van der Waals surface area contributed by atoms with Crippen molar-refractivity contribution in [3.8, 4) is 0 Å². The van der Waals surface area contributed by atoms with Gasteiger partial charge in [0, 0.05) is 0 Å². The maximum Gasteiger partial charge on any atom is 0.337 e. The lowest BCUT2D eigenvalue weighted by molar-refractivity contribution is -0.136. The first kappa shape index (κ1) is 14.6. The molecule has 0 saturated carbocycles. The number of halogens is 4. The Hall–Kier alpha value is 0.1000. The number of alkyl halides is 4. The second-order valence-corrected chi connectivity index (χ2v) is 3.47. The number of carboxylic acids is 2. The first-order valence-corrected chi connectivity index (χ1v) is 4.05. The highest BCUT2D eigenvalue weighted by Crippen LogP contribution is 1.99. The van der Waals surface area contributed by atoms with Crippen molar-refractivity contribution in [3.05, 3.63) is 0 Å². The summed E-state index contributed by atoms with van der Waals surface area (Å²) in [7, 11) is 0. The average molecular weight is 258 g/mol. The highest BCUT2D eigenvalue weighted by atomic mass is 35.5. The van der Waals surface area contributed by atoms with Crippen molar-refractivity contribution in [1.82, 2.24) is 0 Å². The van der Waals surface area contributed by atoms with Crippen LogP contribution in [0, 0.1) is 0 Å². The fourth-order valence-electron chi connectivity index (χ4n) is 0. The van der Waals surface area contributed by atoms with Gasteiger partial charge in [0.2, 0.25) is 9.67 Å². The van der Waals surface area contributed by atoms with Gasteiger partial charge in [0.25, 0.3) is 0 Å². The normalized spacial score (nSPS) is 9.17. The molecule has 0 heterocycles. The van der Waals surface area contributed by atoms with Gasteiger partial charge in [0.05, 0.1) is 0 Å². The summed E-state index contributed by atoms with van der Waals surface area (Å²) in [5.74, 6) is -2.42. The van der Waals surface area contributed by atoms with Crippen LogP contribution in [0.25, 0.3) is 0 Å². The fraction of sp³-hybridized carbons (Fsp3) is 0.500. The molecule has 0 rings (SSSR count). The van der Waals surface area contributed by atoms with Crippen molar-refractivity contribution in [2.24, 2.45) is 0 Å². The molecule has 0 fully saturated rings. The molecule has 0 saturated heterocycles. The Balaban J connectivity index is 0. The Kier molecular flexibility index (Phi) is 9.42. The molecule has 0 aromatic heterocycles. The lowest BCUT2D eigenvalue weighted by Gasteiger charge is -1.84. The van der Waals surface area contributed by atoms with Gasteiger partial charge in [0.1, 0.15) is 0 Å².